The Labute approximate surface area is 55.5 Å². The Morgan fingerprint density at radius 3 is 2.67 bits per heavy atom. The van der Waals surface area contributed by atoms with Crippen molar-refractivity contribution in [2.75, 3.05) is 0 Å². The van der Waals surface area contributed by atoms with Crippen molar-refractivity contribution in [1.29, 1.82) is 0 Å². The first-order valence-corrected chi connectivity index (χ1v) is 3.56. The quantitative estimate of drug-likeness (QED) is 0.553. The molecule has 1 aliphatic carbocycles. The van der Waals surface area contributed by atoms with Gasteiger partial charge in [0.25, 0.3) is 0 Å². The van der Waals surface area contributed by atoms with Gasteiger partial charge in [-0.2, -0.15) is 0 Å². The third kappa shape index (κ3) is 0.995. The Hall–Kier alpha value is -0.720. The minimum absolute atomic E-state index is 0.648. The summed E-state index contributed by atoms with van der Waals surface area (Å²) in [7, 11) is 0. The van der Waals surface area contributed by atoms with Crippen LogP contribution in [0.4, 0.5) is 0 Å². The highest BCUT2D eigenvalue weighted by Gasteiger charge is 2.28. The lowest BCUT2D eigenvalue weighted by Gasteiger charge is -2.13. The molecule has 48 valence electrons. The van der Waals surface area contributed by atoms with Gasteiger partial charge in [0.2, 0.25) is 0 Å². The van der Waals surface area contributed by atoms with E-state index in [1.807, 2.05) is 12.3 Å². The van der Waals surface area contributed by atoms with Crippen LogP contribution in [0.3, 0.4) is 0 Å². The van der Waals surface area contributed by atoms with E-state index in [9.17, 15) is 0 Å². The van der Waals surface area contributed by atoms with Crippen molar-refractivity contribution in [2.45, 2.75) is 18.9 Å². The molecule has 0 radical (unpaired) electrons. The summed E-state index contributed by atoms with van der Waals surface area (Å²) in [5.74, 6) is 0.936. The van der Waals surface area contributed by atoms with Gasteiger partial charge in [-0.3, -0.25) is 0 Å². The van der Waals surface area contributed by atoms with Crippen molar-refractivity contribution >= 4 is 0 Å². The van der Waals surface area contributed by atoms with E-state index >= 15 is 0 Å². The minimum Gasteiger partial charge on any atom is -0.384 e. The highest BCUT2D eigenvalue weighted by atomic mass is 14.9. The van der Waals surface area contributed by atoms with E-state index in [0.29, 0.717) is 6.04 Å². The van der Waals surface area contributed by atoms with Crippen molar-refractivity contribution in [3.8, 4) is 0 Å². The van der Waals surface area contributed by atoms with Gasteiger partial charge in [0.05, 0.1) is 0 Å². The van der Waals surface area contributed by atoms with E-state index in [-0.39, 0.29) is 0 Å². The molecule has 2 aliphatic rings. The molecule has 0 aromatic heterocycles. The molecule has 2 rings (SSSR count). The number of allylic oxidation sites excluding steroid dienone is 2. The summed E-state index contributed by atoms with van der Waals surface area (Å²) in [5, 5.41) is 3.31. The number of hydrogen-bond donors (Lipinski definition) is 1. The van der Waals surface area contributed by atoms with Crippen molar-refractivity contribution in [3.63, 3.8) is 0 Å². The van der Waals surface area contributed by atoms with Gasteiger partial charge in [-0.05, 0) is 31.0 Å². The zero-order valence-electron chi connectivity index (χ0n) is 5.38. The van der Waals surface area contributed by atoms with E-state index in [4.69, 9.17) is 0 Å². The van der Waals surface area contributed by atoms with Crippen molar-refractivity contribution in [2.24, 2.45) is 5.92 Å². The summed E-state index contributed by atoms with van der Waals surface area (Å²) in [6.45, 7) is 0. The van der Waals surface area contributed by atoms with Crippen LogP contribution in [0, 0.1) is 5.92 Å². The molecule has 1 atom stereocenters. The highest BCUT2D eigenvalue weighted by molar-refractivity contribution is 5.14. The summed E-state index contributed by atoms with van der Waals surface area (Å²) in [4.78, 5) is 0. The van der Waals surface area contributed by atoms with E-state index < -0.39 is 0 Å². The Bertz CT molecular complexity index is 154. The lowest BCUT2D eigenvalue weighted by Crippen LogP contribution is -2.25. The first kappa shape index (κ1) is 5.10. The molecule has 1 aliphatic heterocycles. The van der Waals surface area contributed by atoms with Gasteiger partial charge in [-0.15, -0.1) is 0 Å². The smallest absolute Gasteiger partial charge is 0.0470 e. The standard InChI is InChI=1S/C8H11N/c1-2-6-9-8(3-1)7-4-5-7/h1-3,6-9H,4-5H2. The molecule has 1 nitrogen and oxygen atoms in total. The molecule has 0 aromatic rings. The van der Waals surface area contributed by atoms with Crippen molar-refractivity contribution in [3.05, 3.63) is 24.4 Å². The fraction of sp³-hybridized carbons (Fsp3) is 0.500. The first-order chi connectivity index (χ1) is 4.47. The molecule has 1 N–H and O–H groups in total. The highest BCUT2D eigenvalue weighted by Crippen LogP contribution is 2.33. The van der Waals surface area contributed by atoms with Gasteiger partial charge in [0.1, 0.15) is 0 Å². The van der Waals surface area contributed by atoms with Gasteiger partial charge in [0, 0.05) is 6.04 Å². The topological polar surface area (TPSA) is 12.0 Å². The third-order valence-corrected chi connectivity index (χ3v) is 1.94. The van der Waals surface area contributed by atoms with Crippen LogP contribution < -0.4 is 5.32 Å². The first-order valence-electron chi connectivity index (χ1n) is 3.56. The summed E-state index contributed by atoms with van der Waals surface area (Å²) >= 11 is 0. The summed E-state index contributed by atoms with van der Waals surface area (Å²) in [5.41, 5.74) is 0. The Kier molecular flexibility index (Phi) is 1.08. The zero-order chi connectivity index (χ0) is 6.10. The van der Waals surface area contributed by atoms with Crippen LogP contribution in [0.2, 0.25) is 0 Å². The molecular formula is C8H11N. The van der Waals surface area contributed by atoms with Gasteiger partial charge < -0.3 is 5.32 Å². The Morgan fingerprint density at radius 2 is 2.11 bits per heavy atom. The van der Waals surface area contributed by atoms with E-state index in [1.165, 1.54) is 12.8 Å². The van der Waals surface area contributed by atoms with Crippen molar-refractivity contribution < 1.29 is 0 Å². The fourth-order valence-electron chi connectivity index (χ4n) is 1.21. The molecule has 1 heterocycles. The van der Waals surface area contributed by atoms with Crippen LogP contribution in [-0.2, 0) is 0 Å². The second kappa shape index (κ2) is 1.90. The molecule has 0 aromatic carbocycles. The molecule has 0 spiro atoms. The zero-order valence-corrected chi connectivity index (χ0v) is 5.38. The van der Waals surface area contributed by atoms with Crippen LogP contribution in [0.25, 0.3) is 0 Å². The molecule has 0 bridgehead atoms. The molecule has 1 unspecified atom stereocenters. The number of rotatable bonds is 1. The SMILES string of the molecule is C1=CNC(C2CC2)C=C1. The summed E-state index contributed by atoms with van der Waals surface area (Å²) < 4.78 is 0. The lowest BCUT2D eigenvalue weighted by atomic mass is 10.1. The van der Waals surface area contributed by atoms with E-state index in [1.54, 1.807) is 0 Å². The van der Waals surface area contributed by atoms with Gasteiger partial charge in [-0.1, -0.05) is 12.2 Å². The second-order valence-corrected chi connectivity index (χ2v) is 2.77. The Morgan fingerprint density at radius 1 is 1.22 bits per heavy atom. The van der Waals surface area contributed by atoms with Crippen LogP contribution in [-0.4, -0.2) is 6.04 Å². The minimum atomic E-state index is 0.648. The number of hydrogen-bond acceptors (Lipinski definition) is 1. The average Bonchev–Trinajstić information content (AvgIpc) is 2.71. The van der Waals surface area contributed by atoms with E-state index in [2.05, 4.69) is 17.5 Å². The normalized spacial score (nSPS) is 32.2. The predicted molar refractivity (Wildman–Crippen MR) is 37.9 cm³/mol. The van der Waals surface area contributed by atoms with Crippen molar-refractivity contribution in [1.82, 2.24) is 5.32 Å². The number of nitrogens with one attached hydrogen (secondary N) is 1. The van der Waals surface area contributed by atoms with Crippen LogP contribution in [0.5, 0.6) is 0 Å². The van der Waals surface area contributed by atoms with E-state index in [0.717, 1.165) is 5.92 Å². The maximum Gasteiger partial charge on any atom is 0.0470 e. The fourth-order valence-corrected chi connectivity index (χ4v) is 1.21. The Balaban J connectivity index is 1.98. The van der Waals surface area contributed by atoms with Gasteiger partial charge in [0.15, 0.2) is 0 Å². The second-order valence-electron chi connectivity index (χ2n) is 2.77. The van der Waals surface area contributed by atoms with Crippen LogP contribution >= 0.6 is 0 Å². The molecule has 9 heavy (non-hydrogen) atoms. The third-order valence-electron chi connectivity index (χ3n) is 1.94. The molecule has 1 fully saturated rings. The number of dihydropyridines is 1. The largest absolute Gasteiger partial charge is 0.384 e. The van der Waals surface area contributed by atoms with Crippen LogP contribution in [0.1, 0.15) is 12.8 Å². The molecule has 0 amide bonds. The molecular weight excluding hydrogens is 110 g/mol. The van der Waals surface area contributed by atoms with Gasteiger partial charge in [-0.25, -0.2) is 0 Å². The van der Waals surface area contributed by atoms with Gasteiger partial charge >= 0.3 is 0 Å². The average molecular weight is 121 g/mol. The molecule has 0 saturated heterocycles. The summed E-state index contributed by atoms with van der Waals surface area (Å²) in [6, 6.07) is 0.648. The summed E-state index contributed by atoms with van der Waals surface area (Å²) in [6.07, 6.45) is 11.3. The molecule has 1 saturated carbocycles. The maximum absolute atomic E-state index is 3.31. The maximum atomic E-state index is 3.31. The van der Waals surface area contributed by atoms with Crippen LogP contribution in [0.15, 0.2) is 24.4 Å². The predicted octanol–water partition coefficient (Wildman–Crippen LogP) is 1.44. The molecule has 1 heteroatoms. The lowest BCUT2D eigenvalue weighted by molar-refractivity contribution is 0.616. The monoisotopic (exact) mass is 121 g/mol.